The van der Waals surface area contributed by atoms with Gasteiger partial charge in [-0.25, -0.2) is 0 Å². The van der Waals surface area contributed by atoms with Crippen LogP contribution in [0.4, 0.5) is 0 Å². The largest absolute Gasteiger partial charge is 0.481 e. The fraction of sp³-hybridized carbons (Fsp3) is 0.400. The molecule has 0 radical (unpaired) electrons. The molecule has 0 fully saturated rings. The van der Waals surface area contributed by atoms with Gasteiger partial charge in [-0.05, 0) is 12.8 Å². The van der Waals surface area contributed by atoms with Crippen LogP contribution in [0.15, 0.2) is 25.3 Å². The molecule has 0 bridgehead atoms. The highest BCUT2D eigenvalue weighted by Gasteiger charge is 1.89. The van der Waals surface area contributed by atoms with Crippen molar-refractivity contribution in [1.29, 1.82) is 0 Å². The van der Waals surface area contributed by atoms with Crippen molar-refractivity contribution in [3.8, 4) is 0 Å². The highest BCUT2D eigenvalue weighted by Crippen LogP contribution is 1.86. The van der Waals surface area contributed by atoms with Crippen LogP contribution in [0.1, 0.15) is 25.7 Å². The molecule has 0 saturated heterocycles. The maximum absolute atomic E-state index is 9.71. The first kappa shape index (κ1) is 14.9. The average Bonchev–Trinajstić information content (AvgIpc) is 2.12. The maximum atomic E-state index is 9.71. The number of carboxylic acid groups (broad SMARTS) is 2. The Morgan fingerprint density at radius 1 is 0.929 bits per heavy atom. The Hall–Kier alpha value is -1.58. The Morgan fingerprint density at radius 3 is 1.29 bits per heavy atom. The summed E-state index contributed by atoms with van der Waals surface area (Å²) in [7, 11) is 0. The van der Waals surface area contributed by atoms with Crippen LogP contribution in [0.5, 0.6) is 0 Å². The minimum Gasteiger partial charge on any atom is -0.481 e. The molecule has 0 aliphatic heterocycles. The average molecular weight is 200 g/mol. The van der Waals surface area contributed by atoms with Gasteiger partial charge in [0.15, 0.2) is 0 Å². The normalized spacial score (nSPS) is 8.00. The topological polar surface area (TPSA) is 74.6 Å². The van der Waals surface area contributed by atoms with Crippen LogP contribution in [0.3, 0.4) is 0 Å². The van der Waals surface area contributed by atoms with Crippen LogP contribution < -0.4 is 0 Å². The van der Waals surface area contributed by atoms with E-state index >= 15 is 0 Å². The molecule has 0 amide bonds. The molecular weight excluding hydrogens is 184 g/mol. The fourth-order valence-electron chi connectivity index (χ4n) is 0.451. The van der Waals surface area contributed by atoms with E-state index in [1.807, 2.05) is 0 Å². The first-order chi connectivity index (χ1) is 6.54. The molecule has 80 valence electrons. The van der Waals surface area contributed by atoms with Gasteiger partial charge in [0.05, 0.1) is 0 Å². The minimum absolute atomic E-state index is 0.198. The fourth-order valence-corrected chi connectivity index (χ4v) is 0.451. The molecule has 0 unspecified atom stereocenters. The van der Waals surface area contributed by atoms with Crippen LogP contribution in [0.2, 0.25) is 0 Å². The van der Waals surface area contributed by atoms with Gasteiger partial charge in [0.25, 0.3) is 0 Å². The molecule has 4 nitrogen and oxygen atoms in total. The predicted molar refractivity (Wildman–Crippen MR) is 54.1 cm³/mol. The molecular formula is C10H16O4. The van der Waals surface area contributed by atoms with E-state index in [-0.39, 0.29) is 12.8 Å². The minimum atomic E-state index is -0.764. The molecule has 0 atom stereocenters. The van der Waals surface area contributed by atoms with E-state index in [2.05, 4.69) is 13.2 Å². The number of carboxylic acids is 2. The second-order valence-corrected chi connectivity index (χ2v) is 2.44. The lowest BCUT2D eigenvalue weighted by Gasteiger charge is -1.82. The third-order valence-corrected chi connectivity index (χ3v) is 1.12. The summed E-state index contributed by atoms with van der Waals surface area (Å²) in [6.07, 6.45) is 4.71. The number of hydrogen-bond acceptors (Lipinski definition) is 2. The predicted octanol–water partition coefficient (Wildman–Crippen LogP) is 2.07. The van der Waals surface area contributed by atoms with Crippen molar-refractivity contribution in [3.63, 3.8) is 0 Å². The van der Waals surface area contributed by atoms with Crippen molar-refractivity contribution >= 4 is 11.9 Å². The molecule has 0 rings (SSSR count). The molecule has 0 heterocycles. The van der Waals surface area contributed by atoms with E-state index in [1.165, 1.54) is 0 Å². The van der Waals surface area contributed by atoms with E-state index < -0.39 is 11.9 Å². The number of hydrogen-bond donors (Lipinski definition) is 2. The van der Waals surface area contributed by atoms with Crippen LogP contribution in [-0.4, -0.2) is 22.2 Å². The van der Waals surface area contributed by atoms with Crippen molar-refractivity contribution in [1.82, 2.24) is 0 Å². The molecule has 0 spiro atoms. The van der Waals surface area contributed by atoms with E-state index in [1.54, 1.807) is 12.2 Å². The van der Waals surface area contributed by atoms with Gasteiger partial charge in [0.2, 0.25) is 0 Å². The summed E-state index contributed by atoms with van der Waals surface area (Å²) in [4.78, 5) is 19.4. The van der Waals surface area contributed by atoms with Gasteiger partial charge in [-0.2, -0.15) is 0 Å². The molecule has 0 aliphatic rings. The Labute approximate surface area is 83.6 Å². The van der Waals surface area contributed by atoms with Gasteiger partial charge in [-0.15, -0.1) is 13.2 Å². The Morgan fingerprint density at radius 2 is 1.21 bits per heavy atom. The van der Waals surface area contributed by atoms with Crippen LogP contribution in [0, 0.1) is 0 Å². The second-order valence-electron chi connectivity index (χ2n) is 2.44. The van der Waals surface area contributed by atoms with Gasteiger partial charge in [-0.3, -0.25) is 9.59 Å². The van der Waals surface area contributed by atoms with Crippen LogP contribution in [-0.2, 0) is 9.59 Å². The Balaban J connectivity index is 0. The number of allylic oxidation sites excluding steroid dienone is 2. The van der Waals surface area contributed by atoms with Gasteiger partial charge in [0, 0.05) is 12.8 Å². The SMILES string of the molecule is C=CCCC(=O)O.C=CCCC(=O)O. The zero-order valence-corrected chi connectivity index (χ0v) is 8.11. The molecule has 0 aromatic heterocycles. The smallest absolute Gasteiger partial charge is 0.303 e. The molecule has 0 aliphatic carbocycles. The summed E-state index contributed by atoms with van der Waals surface area (Å²) in [5, 5.41) is 16.0. The lowest BCUT2D eigenvalue weighted by molar-refractivity contribution is -0.137. The number of aliphatic carboxylic acids is 2. The molecule has 0 saturated carbocycles. The third kappa shape index (κ3) is 22.4. The Bertz CT molecular complexity index is 174. The summed E-state index contributed by atoms with van der Waals surface area (Å²) in [6, 6.07) is 0. The highest BCUT2D eigenvalue weighted by molar-refractivity contribution is 5.67. The molecule has 0 aromatic carbocycles. The van der Waals surface area contributed by atoms with Gasteiger partial charge < -0.3 is 10.2 Å². The van der Waals surface area contributed by atoms with Crippen molar-refractivity contribution in [3.05, 3.63) is 25.3 Å². The lowest BCUT2D eigenvalue weighted by Crippen LogP contribution is -1.90. The summed E-state index contributed by atoms with van der Waals surface area (Å²) < 4.78 is 0. The van der Waals surface area contributed by atoms with Gasteiger partial charge >= 0.3 is 11.9 Å². The van der Waals surface area contributed by atoms with Crippen LogP contribution in [0.25, 0.3) is 0 Å². The first-order valence-corrected chi connectivity index (χ1v) is 4.20. The van der Waals surface area contributed by atoms with Crippen molar-refractivity contribution in [2.75, 3.05) is 0 Å². The number of carbonyl (C=O) groups is 2. The molecule has 4 heteroatoms. The quantitative estimate of drug-likeness (QED) is 0.643. The van der Waals surface area contributed by atoms with Crippen LogP contribution >= 0.6 is 0 Å². The van der Waals surface area contributed by atoms with E-state index in [9.17, 15) is 9.59 Å². The van der Waals surface area contributed by atoms with Crippen molar-refractivity contribution in [2.45, 2.75) is 25.7 Å². The summed E-state index contributed by atoms with van der Waals surface area (Å²) >= 11 is 0. The molecule has 14 heavy (non-hydrogen) atoms. The maximum Gasteiger partial charge on any atom is 0.303 e. The summed E-state index contributed by atoms with van der Waals surface area (Å²) in [5.41, 5.74) is 0. The monoisotopic (exact) mass is 200 g/mol. The zero-order valence-electron chi connectivity index (χ0n) is 8.11. The standard InChI is InChI=1S/2C5H8O2/c2*1-2-3-4-5(6)7/h2*2H,1,3-4H2,(H,6,7). The van der Waals surface area contributed by atoms with E-state index in [0.29, 0.717) is 12.8 Å². The first-order valence-electron chi connectivity index (χ1n) is 4.20. The third-order valence-electron chi connectivity index (χ3n) is 1.12. The van der Waals surface area contributed by atoms with Crippen molar-refractivity contribution < 1.29 is 19.8 Å². The summed E-state index contributed by atoms with van der Waals surface area (Å²) in [5.74, 6) is -1.53. The van der Waals surface area contributed by atoms with E-state index in [0.717, 1.165) is 0 Å². The van der Waals surface area contributed by atoms with Gasteiger partial charge in [-0.1, -0.05) is 12.2 Å². The highest BCUT2D eigenvalue weighted by atomic mass is 16.4. The van der Waals surface area contributed by atoms with Gasteiger partial charge in [0.1, 0.15) is 0 Å². The lowest BCUT2D eigenvalue weighted by atomic mass is 10.3. The summed E-state index contributed by atoms with van der Waals surface area (Å²) in [6.45, 7) is 6.74. The molecule has 0 aromatic rings. The van der Waals surface area contributed by atoms with Crippen molar-refractivity contribution in [2.24, 2.45) is 0 Å². The molecule has 2 N–H and O–H groups in total. The zero-order chi connectivity index (χ0) is 11.4. The van der Waals surface area contributed by atoms with E-state index in [4.69, 9.17) is 10.2 Å². The second kappa shape index (κ2) is 11.4. The number of rotatable bonds is 6. The Kier molecular flexibility index (Phi) is 12.2.